The third kappa shape index (κ3) is 3.47. The first-order valence-electron chi connectivity index (χ1n) is 7.56. The Morgan fingerprint density at radius 2 is 2.00 bits per heavy atom. The van der Waals surface area contributed by atoms with Crippen LogP contribution in [0.5, 0.6) is 0 Å². The zero-order chi connectivity index (χ0) is 14.7. The zero-order valence-electron chi connectivity index (χ0n) is 12.0. The van der Waals surface area contributed by atoms with Crippen LogP contribution in [-0.2, 0) is 0 Å². The molecule has 1 saturated carbocycles. The average molecular weight is 350 g/mol. The summed E-state index contributed by atoms with van der Waals surface area (Å²) >= 11 is 0.609. The van der Waals surface area contributed by atoms with Crippen LogP contribution in [0.1, 0.15) is 42.5 Å². The molecule has 1 aromatic rings. The van der Waals surface area contributed by atoms with Crippen LogP contribution in [0.25, 0.3) is 0 Å². The number of fused-ring (bicyclic) bond motifs is 1. The number of nitrogens with zero attached hydrogens (tertiary/aromatic N) is 1. The normalized spacial score (nSPS) is 30.7. The maximum absolute atomic E-state index is 11.0. The molecule has 21 heavy (non-hydrogen) atoms. The molecule has 1 heterocycles. The van der Waals surface area contributed by atoms with Gasteiger partial charge in [-0.1, -0.05) is 0 Å². The summed E-state index contributed by atoms with van der Waals surface area (Å²) in [5.41, 5.74) is 10.2. The van der Waals surface area contributed by atoms with Crippen molar-refractivity contribution in [2.75, 3.05) is 0 Å². The molecule has 2 fully saturated rings. The van der Waals surface area contributed by atoms with E-state index in [2.05, 4.69) is 40.9 Å². The van der Waals surface area contributed by atoms with Gasteiger partial charge in [0.25, 0.3) is 0 Å². The van der Waals surface area contributed by atoms with E-state index in [4.69, 9.17) is 5.73 Å². The summed E-state index contributed by atoms with van der Waals surface area (Å²) in [5, 5.41) is 4.34. The quantitative estimate of drug-likeness (QED) is 0.625. The molecular weight excluding hydrogens is 329 g/mol. The standard InChI is InChI=1S/C16H21N3OSe/c17-16(20)19-18-13-10-15(11-6-2-1-3-7-11)21-14-9-5-4-8-12(13)14/h1-3,6-7,12,14-15H,4-5,8-10H2,(H3,17,19,20)/b18-13-/t12-,14+,15-/m0/s1. The van der Waals surface area contributed by atoms with Gasteiger partial charge in [-0.3, -0.25) is 0 Å². The average Bonchev–Trinajstić information content (AvgIpc) is 2.53. The predicted octanol–water partition coefficient (Wildman–Crippen LogP) is 2.84. The Hall–Kier alpha value is -1.32. The Labute approximate surface area is 131 Å². The monoisotopic (exact) mass is 351 g/mol. The summed E-state index contributed by atoms with van der Waals surface area (Å²) < 4.78 is 0. The number of nitrogens with one attached hydrogen (secondary N) is 1. The number of urea groups is 1. The van der Waals surface area contributed by atoms with E-state index in [0.29, 0.717) is 25.7 Å². The van der Waals surface area contributed by atoms with Crippen LogP contribution in [0.15, 0.2) is 35.4 Å². The number of hydrogen-bond donors (Lipinski definition) is 2. The minimum absolute atomic E-state index is 0.561. The molecule has 0 aromatic heterocycles. The fraction of sp³-hybridized carbons (Fsp3) is 0.500. The van der Waals surface area contributed by atoms with Crippen molar-refractivity contribution < 1.29 is 4.79 Å². The molecule has 1 saturated heterocycles. The summed E-state index contributed by atoms with van der Waals surface area (Å²) in [4.78, 5) is 12.3. The van der Waals surface area contributed by atoms with E-state index in [1.54, 1.807) is 0 Å². The molecule has 3 atom stereocenters. The molecule has 2 amide bonds. The van der Waals surface area contributed by atoms with Crippen LogP contribution in [0.3, 0.4) is 0 Å². The second-order valence-electron chi connectivity index (χ2n) is 5.75. The number of hydrazone groups is 1. The van der Waals surface area contributed by atoms with Crippen molar-refractivity contribution in [1.29, 1.82) is 0 Å². The van der Waals surface area contributed by atoms with Crippen molar-refractivity contribution in [3.63, 3.8) is 0 Å². The van der Waals surface area contributed by atoms with Crippen molar-refractivity contribution >= 4 is 26.7 Å². The Morgan fingerprint density at radius 1 is 1.24 bits per heavy atom. The molecule has 112 valence electrons. The first-order chi connectivity index (χ1) is 10.2. The maximum atomic E-state index is 11.0. The van der Waals surface area contributed by atoms with E-state index in [9.17, 15) is 4.79 Å². The van der Waals surface area contributed by atoms with Crippen molar-refractivity contribution in [1.82, 2.24) is 5.43 Å². The molecule has 0 spiro atoms. The molecule has 3 rings (SSSR count). The summed E-state index contributed by atoms with van der Waals surface area (Å²) in [6.45, 7) is 0. The summed E-state index contributed by atoms with van der Waals surface area (Å²) in [6.07, 6.45) is 6.10. The minimum atomic E-state index is -0.567. The molecule has 3 N–H and O–H groups in total. The van der Waals surface area contributed by atoms with Gasteiger partial charge < -0.3 is 0 Å². The molecule has 5 heteroatoms. The number of carbonyl (C=O) groups is 1. The number of benzene rings is 1. The Bertz CT molecular complexity index is 532. The van der Waals surface area contributed by atoms with Crippen molar-refractivity contribution in [3.05, 3.63) is 35.9 Å². The Kier molecular flexibility index (Phi) is 4.61. The Balaban J connectivity index is 1.83. The molecule has 0 bridgehead atoms. The number of nitrogens with two attached hydrogens (primary N) is 1. The second kappa shape index (κ2) is 6.63. The first-order valence-corrected chi connectivity index (χ1v) is 9.54. The number of primary amides is 1. The van der Waals surface area contributed by atoms with Crippen molar-refractivity contribution in [3.8, 4) is 0 Å². The van der Waals surface area contributed by atoms with Gasteiger partial charge in [-0.05, 0) is 0 Å². The number of rotatable bonds is 2. The summed E-state index contributed by atoms with van der Waals surface area (Å²) in [5.74, 6) is 0.561. The van der Waals surface area contributed by atoms with Gasteiger partial charge in [-0.15, -0.1) is 0 Å². The fourth-order valence-electron chi connectivity index (χ4n) is 3.36. The number of carbonyl (C=O) groups excluding carboxylic acids is 1. The van der Waals surface area contributed by atoms with E-state index in [1.165, 1.54) is 31.2 Å². The van der Waals surface area contributed by atoms with E-state index in [0.717, 1.165) is 16.9 Å². The SMILES string of the molecule is NC(=O)N/N=C1/C[C@@H](c2ccccc2)[Se][C@@H]2CCCC[C@@H]12. The van der Waals surface area contributed by atoms with Crippen LogP contribution in [0, 0.1) is 5.92 Å². The van der Waals surface area contributed by atoms with Gasteiger partial charge in [0.1, 0.15) is 0 Å². The number of hydrogen-bond acceptors (Lipinski definition) is 2. The zero-order valence-corrected chi connectivity index (χ0v) is 13.7. The van der Waals surface area contributed by atoms with Crippen LogP contribution >= 0.6 is 0 Å². The van der Waals surface area contributed by atoms with Gasteiger partial charge in [-0.2, -0.15) is 0 Å². The summed E-state index contributed by atoms with van der Waals surface area (Å²) in [7, 11) is 0. The van der Waals surface area contributed by atoms with Gasteiger partial charge in [0.2, 0.25) is 0 Å². The van der Waals surface area contributed by atoms with Gasteiger partial charge in [0.05, 0.1) is 0 Å². The summed E-state index contributed by atoms with van der Waals surface area (Å²) in [6, 6.07) is 10.1. The topological polar surface area (TPSA) is 67.5 Å². The Morgan fingerprint density at radius 3 is 2.76 bits per heavy atom. The van der Waals surface area contributed by atoms with Gasteiger partial charge >= 0.3 is 131 Å². The van der Waals surface area contributed by atoms with E-state index in [1.807, 2.05) is 0 Å². The third-order valence-electron chi connectivity index (χ3n) is 4.35. The third-order valence-corrected chi connectivity index (χ3v) is 7.87. The van der Waals surface area contributed by atoms with Crippen LogP contribution in [0.4, 0.5) is 4.79 Å². The van der Waals surface area contributed by atoms with Crippen molar-refractivity contribution in [2.24, 2.45) is 16.8 Å². The van der Waals surface area contributed by atoms with Gasteiger partial charge in [0.15, 0.2) is 0 Å². The fourth-order valence-corrected chi connectivity index (χ4v) is 7.11. The van der Waals surface area contributed by atoms with Crippen LogP contribution in [-0.4, -0.2) is 26.7 Å². The van der Waals surface area contributed by atoms with E-state index in [-0.39, 0.29) is 0 Å². The van der Waals surface area contributed by atoms with E-state index >= 15 is 0 Å². The molecule has 2 aliphatic rings. The van der Waals surface area contributed by atoms with Crippen LogP contribution in [0.2, 0.25) is 4.82 Å². The first kappa shape index (κ1) is 14.6. The molecular formula is C16H21N3OSe. The number of amides is 2. The molecule has 0 unspecified atom stereocenters. The van der Waals surface area contributed by atoms with Gasteiger partial charge in [-0.25, -0.2) is 0 Å². The van der Waals surface area contributed by atoms with Crippen molar-refractivity contribution in [2.45, 2.75) is 41.7 Å². The molecule has 1 aliphatic carbocycles. The van der Waals surface area contributed by atoms with Crippen LogP contribution < -0.4 is 11.2 Å². The van der Waals surface area contributed by atoms with E-state index < -0.39 is 6.03 Å². The second-order valence-corrected chi connectivity index (χ2v) is 8.78. The molecule has 1 aromatic carbocycles. The molecule has 1 aliphatic heterocycles. The predicted molar refractivity (Wildman–Crippen MR) is 85.4 cm³/mol. The molecule has 4 nitrogen and oxygen atoms in total. The van der Waals surface area contributed by atoms with Gasteiger partial charge in [0, 0.05) is 0 Å². The molecule has 0 radical (unpaired) electrons.